The van der Waals surface area contributed by atoms with Crippen molar-refractivity contribution in [1.82, 2.24) is 0 Å². The van der Waals surface area contributed by atoms with E-state index in [9.17, 15) is 8.42 Å². The van der Waals surface area contributed by atoms with Crippen LogP contribution in [0.1, 0.15) is 58.4 Å². The molecule has 2 rings (SSSR count). The lowest BCUT2D eigenvalue weighted by Crippen LogP contribution is -2.44. The third-order valence-corrected chi connectivity index (χ3v) is 11.1. The van der Waals surface area contributed by atoms with Crippen LogP contribution in [0.3, 0.4) is 0 Å². The summed E-state index contributed by atoms with van der Waals surface area (Å²) in [5, 5.41) is 0.0485. The van der Waals surface area contributed by atoms with Gasteiger partial charge in [0, 0.05) is 6.07 Å². The Kier molecular flexibility index (Phi) is 6.06. The smallest absolute Gasteiger partial charge is 0.297 e. The zero-order valence-electron chi connectivity index (χ0n) is 16.4. The summed E-state index contributed by atoms with van der Waals surface area (Å²) >= 11 is 0. The molecule has 0 amide bonds. The van der Waals surface area contributed by atoms with Gasteiger partial charge in [0.1, 0.15) is 5.75 Å². The van der Waals surface area contributed by atoms with E-state index in [4.69, 9.17) is 8.61 Å². The van der Waals surface area contributed by atoms with Gasteiger partial charge in [0.25, 0.3) is 10.1 Å². The molecule has 1 aromatic carbocycles. The maximum absolute atomic E-state index is 12.7. The summed E-state index contributed by atoms with van der Waals surface area (Å²) in [7, 11) is -5.79. The molecule has 142 valence electrons. The Labute approximate surface area is 154 Å². The fourth-order valence-corrected chi connectivity index (χ4v) is 4.89. The monoisotopic (exact) mass is 384 g/mol. The third kappa shape index (κ3) is 5.08. The lowest BCUT2D eigenvalue weighted by Gasteiger charge is -2.37. The van der Waals surface area contributed by atoms with Gasteiger partial charge in [-0.1, -0.05) is 46.1 Å². The average Bonchev–Trinajstić information content (AvgIpc) is 2.48. The molecule has 0 unspecified atom stereocenters. The van der Waals surface area contributed by atoms with Gasteiger partial charge in [0.15, 0.2) is 0 Å². The SMILES string of the molecule is Cc1ccc(S(=O)(=O)OC2CCCCC2)cc1O[Si](C)(C)C(C)(C)C. The third-order valence-electron chi connectivity index (χ3n) is 5.43. The molecular weight excluding hydrogens is 352 g/mol. The van der Waals surface area contributed by atoms with Crippen LogP contribution in [-0.4, -0.2) is 22.8 Å². The molecule has 0 spiro atoms. The van der Waals surface area contributed by atoms with E-state index in [0.717, 1.165) is 37.7 Å². The first kappa shape index (κ1) is 20.5. The van der Waals surface area contributed by atoms with Crippen molar-refractivity contribution in [2.45, 2.75) is 88.9 Å². The molecule has 1 fully saturated rings. The molecule has 0 bridgehead atoms. The van der Waals surface area contributed by atoms with Crippen molar-refractivity contribution in [3.63, 3.8) is 0 Å². The van der Waals surface area contributed by atoms with Crippen LogP contribution in [0.25, 0.3) is 0 Å². The molecule has 0 saturated heterocycles. The second kappa shape index (κ2) is 7.41. The van der Waals surface area contributed by atoms with Crippen LogP contribution in [-0.2, 0) is 14.3 Å². The molecule has 4 nitrogen and oxygen atoms in total. The van der Waals surface area contributed by atoms with Gasteiger partial charge in [-0.25, -0.2) is 0 Å². The van der Waals surface area contributed by atoms with E-state index < -0.39 is 18.4 Å². The highest BCUT2D eigenvalue weighted by Crippen LogP contribution is 2.38. The maximum Gasteiger partial charge on any atom is 0.297 e. The number of aryl methyl sites for hydroxylation is 1. The van der Waals surface area contributed by atoms with Crippen molar-refractivity contribution in [3.8, 4) is 5.75 Å². The number of rotatable bonds is 5. The second-order valence-electron chi connectivity index (χ2n) is 8.60. The Bertz CT molecular complexity index is 699. The van der Waals surface area contributed by atoms with Crippen LogP contribution in [0, 0.1) is 6.92 Å². The normalized spacial score (nSPS) is 17.5. The minimum atomic E-state index is -3.75. The van der Waals surface area contributed by atoms with Crippen molar-refractivity contribution in [2.75, 3.05) is 0 Å². The fourth-order valence-electron chi connectivity index (χ4n) is 2.67. The summed E-state index contributed by atoms with van der Waals surface area (Å²) < 4.78 is 37.1. The Hall–Kier alpha value is -0.853. The molecule has 0 aliphatic heterocycles. The molecule has 0 N–H and O–H groups in total. The predicted octanol–water partition coefficient (Wildman–Crippen LogP) is 5.42. The Morgan fingerprint density at radius 1 is 1.08 bits per heavy atom. The fraction of sp³-hybridized carbons (Fsp3) is 0.684. The van der Waals surface area contributed by atoms with Gasteiger partial charge >= 0.3 is 0 Å². The maximum atomic E-state index is 12.7. The Morgan fingerprint density at radius 2 is 1.68 bits per heavy atom. The average molecular weight is 385 g/mol. The summed E-state index contributed by atoms with van der Waals surface area (Å²) in [6.07, 6.45) is 4.68. The van der Waals surface area contributed by atoms with E-state index >= 15 is 0 Å². The summed E-state index contributed by atoms with van der Waals surface area (Å²) in [5.74, 6) is 0.653. The molecule has 1 saturated carbocycles. The molecule has 1 aliphatic carbocycles. The Balaban J connectivity index is 2.25. The van der Waals surface area contributed by atoms with Crippen LogP contribution in [0.15, 0.2) is 23.1 Å². The first-order chi connectivity index (χ1) is 11.4. The van der Waals surface area contributed by atoms with Crippen molar-refractivity contribution in [3.05, 3.63) is 23.8 Å². The number of hydrogen-bond acceptors (Lipinski definition) is 4. The van der Waals surface area contributed by atoms with E-state index in [2.05, 4.69) is 33.9 Å². The molecule has 1 aliphatic rings. The van der Waals surface area contributed by atoms with E-state index in [-0.39, 0.29) is 16.0 Å². The van der Waals surface area contributed by atoms with Crippen LogP contribution in [0.4, 0.5) is 0 Å². The van der Waals surface area contributed by atoms with E-state index in [1.165, 1.54) is 0 Å². The van der Waals surface area contributed by atoms with Gasteiger partial charge in [-0.3, -0.25) is 4.18 Å². The van der Waals surface area contributed by atoms with Crippen molar-refractivity contribution in [2.24, 2.45) is 0 Å². The highest BCUT2D eigenvalue weighted by molar-refractivity contribution is 7.86. The zero-order valence-corrected chi connectivity index (χ0v) is 18.2. The highest BCUT2D eigenvalue weighted by atomic mass is 32.2. The summed E-state index contributed by atoms with van der Waals surface area (Å²) in [6, 6.07) is 5.06. The molecule has 0 heterocycles. The highest BCUT2D eigenvalue weighted by Gasteiger charge is 2.39. The summed E-state index contributed by atoms with van der Waals surface area (Å²) in [4.78, 5) is 0.192. The molecule has 1 aromatic rings. The van der Waals surface area contributed by atoms with Crippen molar-refractivity contribution >= 4 is 18.4 Å². The molecule has 6 heteroatoms. The van der Waals surface area contributed by atoms with Gasteiger partial charge in [-0.2, -0.15) is 8.42 Å². The summed E-state index contributed by atoms with van der Waals surface area (Å²) in [5.41, 5.74) is 0.946. The standard InChI is InChI=1S/C19H32O4SSi/c1-15-12-13-17(14-18(15)23-25(5,6)19(2,3)4)24(20,21)22-16-10-8-7-9-11-16/h12-14,16H,7-11H2,1-6H3. The van der Waals surface area contributed by atoms with Crippen LogP contribution in [0.5, 0.6) is 5.75 Å². The molecular formula is C19H32O4SSi. The first-order valence-electron chi connectivity index (χ1n) is 9.15. The lowest BCUT2D eigenvalue weighted by molar-refractivity contribution is 0.162. The molecule has 0 aromatic heterocycles. The predicted molar refractivity (Wildman–Crippen MR) is 104 cm³/mol. The zero-order chi connectivity index (χ0) is 18.9. The second-order valence-corrected chi connectivity index (χ2v) is 14.9. The van der Waals surface area contributed by atoms with Gasteiger partial charge < -0.3 is 4.43 Å². The van der Waals surface area contributed by atoms with Gasteiger partial charge in [-0.15, -0.1) is 0 Å². The molecule has 25 heavy (non-hydrogen) atoms. The van der Waals surface area contributed by atoms with E-state index in [0.29, 0.717) is 5.75 Å². The minimum absolute atomic E-state index is 0.0485. The van der Waals surface area contributed by atoms with Crippen LogP contribution in [0.2, 0.25) is 18.1 Å². The van der Waals surface area contributed by atoms with Crippen molar-refractivity contribution in [1.29, 1.82) is 0 Å². The van der Waals surface area contributed by atoms with Crippen molar-refractivity contribution < 1.29 is 17.0 Å². The number of benzene rings is 1. The van der Waals surface area contributed by atoms with Crippen LogP contribution < -0.4 is 4.43 Å². The van der Waals surface area contributed by atoms with E-state index in [1.54, 1.807) is 18.2 Å². The Morgan fingerprint density at radius 3 is 2.24 bits per heavy atom. The molecule has 0 radical (unpaired) electrons. The first-order valence-corrected chi connectivity index (χ1v) is 13.5. The number of hydrogen-bond donors (Lipinski definition) is 0. The van der Waals surface area contributed by atoms with Gasteiger partial charge in [0.2, 0.25) is 8.32 Å². The quantitative estimate of drug-likeness (QED) is 0.502. The topological polar surface area (TPSA) is 52.6 Å². The summed E-state index contributed by atoms with van der Waals surface area (Å²) in [6.45, 7) is 12.8. The lowest BCUT2D eigenvalue weighted by atomic mass is 9.98. The largest absolute Gasteiger partial charge is 0.543 e. The minimum Gasteiger partial charge on any atom is -0.543 e. The molecule has 0 atom stereocenters. The van der Waals surface area contributed by atoms with Crippen LogP contribution >= 0.6 is 0 Å². The van der Waals surface area contributed by atoms with E-state index in [1.807, 2.05) is 6.92 Å². The van der Waals surface area contributed by atoms with Gasteiger partial charge in [-0.05, 0) is 49.5 Å². The van der Waals surface area contributed by atoms with Gasteiger partial charge in [0.05, 0.1) is 11.0 Å².